The van der Waals surface area contributed by atoms with Gasteiger partial charge in [0, 0.05) is 11.6 Å². The van der Waals surface area contributed by atoms with Gasteiger partial charge >= 0.3 is 5.97 Å². The Bertz CT molecular complexity index is 1160. The summed E-state index contributed by atoms with van der Waals surface area (Å²) in [6, 6.07) is 19.6. The first-order chi connectivity index (χ1) is 14.5. The Labute approximate surface area is 172 Å². The Morgan fingerprint density at radius 3 is 2.63 bits per heavy atom. The summed E-state index contributed by atoms with van der Waals surface area (Å²) in [5, 5.41) is 9.56. The van der Waals surface area contributed by atoms with Crippen LogP contribution in [0.3, 0.4) is 0 Å². The molecule has 0 amide bonds. The van der Waals surface area contributed by atoms with Crippen LogP contribution in [0.5, 0.6) is 17.2 Å². The van der Waals surface area contributed by atoms with Crippen LogP contribution in [0.15, 0.2) is 76.5 Å². The van der Waals surface area contributed by atoms with Crippen molar-refractivity contribution < 1.29 is 23.4 Å². The van der Waals surface area contributed by atoms with Crippen LogP contribution in [-0.2, 0) is 4.79 Å². The number of fused-ring (bicyclic) bond motifs is 1. The van der Waals surface area contributed by atoms with Crippen molar-refractivity contribution in [2.75, 3.05) is 6.61 Å². The number of aryl methyl sites for hydroxylation is 1. The molecule has 1 aliphatic rings. The van der Waals surface area contributed by atoms with Crippen molar-refractivity contribution in [2.24, 2.45) is 5.73 Å². The predicted molar refractivity (Wildman–Crippen MR) is 107 cm³/mol. The SMILES string of the molecule is Cc1ccc(C2C(C#N)=C(N)Oc3cc(OC(=O)COc4ccccc4)ccc32)o1. The molecule has 1 aliphatic heterocycles. The van der Waals surface area contributed by atoms with Gasteiger partial charge in [0.15, 0.2) is 6.61 Å². The van der Waals surface area contributed by atoms with E-state index in [4.69, 9.17) is 24.4 Å². The summed E-state index contributed by atoms with van der Waals surface area (Å²) >= 11 is 0. The zero-order chi connectivity index (χ0) is 21.1. The van der Waals surface area contributed by atoms with Gasteiger partial charge in [-0.25, -0.2) is 4.79 Å². The van der Waals surface area contributed by atoms with E-state index in [9.17, 15) is 10.1 Å². The fraction of sp³-hybridized carbons (Fsp3) is 0.130. The first-order valence-electron chi connectivity index (χ1n) is 9.21. The molecule has 150 valence electrons. The third-order valence-corrected chi connectivity index (χ3v) is 4.57. The molecule has 7 nitrogen and oxygen atoms in total. The molecule has 1 atom stereocenters. The zero-order valence-electron chi connectivity index (χ0n) is 16.1. The van der Waals surface area contributed by atoms with Crippen molar-refractivity contribution >= 4 is 5.97 Å². The molecule has 4 rings (SSSR count). The van der Waals surface area contributed by atoms with Gasteiger partial charge in [-0.3, -0.25) is 0 Å². The van der Waals surface area contributed by atoms with Crippen LogP contribution in [0.1, 0.15) is 23.0 Å². The van der Waals surface area contributed by atoms with E-state index in [1.165, 1.54) is 0 Å². The van der Waals surface area contributed by atoms with Crippen LogP contribution in [-0.4, -0.2) is 12.6 Å². The van der Waals surface area contributed by atoms with Crippen LogP contribution in [0.25, 0.3) is 0 Å². The van der Waals surface area contributed by atoms with Gasteiger partial charge in [-0.2, -0.15) is 5.26 Å². The predicted octanol–water partition coefficient (Wildman–Crippen LogP) is 3.79. The molecule has 2 N–H and O–H groups in total. The van der Waals surface area contributed by atoms with Crippen LogP contribution in [0.2, 0.25) is 0 Å². The number of furan rings is 1. The third kappa shape index (κ3) is 3.84. The molecule has 2 aromatic carbocycles. The number of hydrogen-bond donors (Lipinski definition) is 1. The number of carbonyl (C=O) groups excluding carboxylic acids is 1. The highest BCUT2D eigenvalue weighted by atomic mass is 16.6. The van der Waals surface area contributed by atoms with Crippen molar-refractivity contribution in [3.63, 3.8) is 0 Å². The number of benzene rings is 2. The molecule has 0 aliphatic carbocycles. The topological polar surface area (TPSA) is 108 Å². The van der Waals surface area contributed by atoms with Crippen molar-refractivity contribution in [1.82, 2.24) is 0 Å². The number of carbonyl (C=O) groups is 1. The number of nitriles is 1. The smallest absolute Gasteiger partial charge is 0.349 e. The van der Waals surface area contributed by atoms with Gasteiger partial charge in [0.2, 0.25) is 5.88 Å². The summed E-state index contributed by atoms with van der Waals surface area (Å²) in [5.74, 6) is 1.46. The molecule has 0 bridgehead atoms. The van der Waals surface area contributed by atoms with Crippen molar-refractivity contribution in [3.8, 4) is 23.3 Å². The number of nitrogens with two attached hydrogens (primary N) is 1. The quantitative estimate of drug-likeness (QED) is 0.511. The van der Waals surface area contributed by atoms with Crippen LogP contribution in [0.4, 0.5) is 0 Å². The normalized spacial score (nSPS) is 15.0. The fourth-order valence-electron chi connectivity index (χ4n) is 3.22. The highest BCUT2D eigenvalue weighted by Crippen LogP contribution is 2.43. The molecular formula is C23H18N2O5. The Balaban J connectivity index is 1.54. The largest absolute Gasteiger partial charge is 0.482 e. The first-order valence-corrected chi connectivity index (χ1v) is 9.21. The maximum absolute atomic E-state index is 12.1. The molecule has 0 saturated heterocycles. The molecule has 0 fully saturated rings. The zero-order valence-corrected chi connectivity index (χ0v) is 16.1. The molecule has 3 aromatic rings. The molecular weight excluding hydrogens is 384 g/mol. The fourth-order valence-corrected chi connectivity index (χ4v) is 3.22. The number of hydrogen-bond acceptors (Lipinski definition) is 7. The second-order valence-corrected chi connectivity index (χ2v) is 6.65. The second kappa shape index (κ2) is 8.05. The van der Waals surface area contributed by atoms with Gasteiger partial charge in [0.1, 0.15) is 40.4 Å². The number of allylic oxidation sites excluding steroid dienone is 1. The molecule has 30 heavy (non-hydrogen) atoms. The van der Waals surface area contributed by atoms with Gasteiger partial charge in [-0.05, 0) is 37.3 Å². The maximum Gasteiger partial charge on any atom is 0.349 e. The first kappa shape index (κ1) is 19.2. The minimum Gasteiger partial charge on any atom is -0.482 e. The summed E-state index contributed by atoms with van der Waals surface area (Å²) in [6.45, 7) is 1.58. The van der Waals surface area contributed by atoms with E-state index >= 15 is 0 Å². The van der Waals surface area contributed by atoms with E-state index in [-0.39, 0.29) is 23.8 Å². The lowest BCUT2D eigenvalue weighted by atomic mass is 9.87. The van der Waals surface area contributed by atoms with E-state index in [0.717, 1.165) is 5.76 Å². The number of para-hydroxylation sites is 1. The molecule has 0 saturated carbocycles. The second-order valence-electron chi connectivity index (χ2n) is 6.65. The average Bonchev–Trinajstić information content (AvgIpc) is 3.17. The van der Waals surface area contributed by atoms with Crippen LogP contribution in [0, 0.1) is 18.3 Å². The van der Waals surface area contributed by atoms with E-state index in [2.05, 4.69) is 6.07 Å². The van der Waals surface area contributed by atoms with E-state index in [1.54, 1.807) is 36.4 Å². The molecule has 1 aromatic heterocycles. The number of esters is 1. The van der Waals surface area contributed by atoms with Gasteiger partial charge in [0.25, 0.3) is 0 Å². The van der Waals surface area contributed by atoms with Crippen LogP contribution < -0.4 is 19.9 Å². The summed E-state index contributed by atoms with van der Waals surface area (Å²) in [7, 11) is 0. The van der Waals surface area contributed by atoms with Crippen LogP contribution >= 0.6 is 0 Å². The van der Waals surface area contributed by atoms with Gasteiger partial charge in [0.05, 0.1) is 5.92 Å². The number of ether oxygens (including phenoxy) is 3. The van der Waals surface area contributed by atoms with E-state index in [0.29, 0.717) is 22.8 Å². The minimum atomic E-state index is -0.561. The van der Waals surface area contributed by atoms with Gasteiger partial charge in [-0.1, -0.05) is 24.3 Å². The van der Waals surface area contributed by atoms with Gasteiger partial charge < -0.3 is 24.4 Å². The van der Waals surface area contributed by atoms with Crippen molar-refractivity contribution in [2.45, 2.75) is 12.8 Å². The van der Waals surface area contributed by atoms with Crippen molar-refractivity contribution in [3.05, 3.63) is 89.2 Å². The van der Waals surface area contributed by atoms with E-state index < -0.39 is 11.9 Å². The standard InChI is InChI=1S/C23H18N2O5/c1-14-7-10-19(28-14)22-17-9-8-16(11-20(17)30-23(25)18(22)12-24)29-21(26)13-27-15-5-3-2-4-6-15/h2-11,22H,13,25H2,1H3. The summed E-state index contributed by atoms with van der Waals surface area (Å²) < 4.78 is 22.1. The Morgan fingerprint density at radius 2 is 1.93 bits per heavy atom. The number of nitrogens with zero attached hydrogens (tertiary/aromatic N) is 1. The lowest BCUT2D eigenvalue weighted by molar-refractivity contribution is -0.136. The summed E-state index contributed by atoms with van der Waals surface area (Å²) in [6.07, 6.45) is 0. The number of rotatable bonds is 5. The van der Waals surface area contributed by atoms with Gasteiger partial charge in [-0.15, -0.1) is 0 Å². The Hall–Kier alpha value is -4.18. The lowest BCUT2D eigenvalue weighted by Gasteiger charge is -2.25. The summed E-state index contributed by atoms with van der Waals surface area (Å²) in [4.78, 5) is 12.1. The molecule has 7 heteroatoms. The Kier molecular flexibility index (Phi) is 5.14. The maximum atomic E-state index is 12.1. The van der Waals surface area contributed by atoms with E-state index in [1.807, 2.05) is 31.2 Å². The highest BCUT2D eigenvalue weighted by molar-refractivity contribution is 5.74. The monoisotopic (exact) mass is 402 g/mol. The third-order valence-electron chi connectivity index (χ3n) is 4.57. The summed E-state index contributed by atoms with van der Waals surface area (Å²) in [5.41, 5.74) is 6.92. The Morgan fingerprint density at radius 1 is 1.13 bits per heavy atom. The highest BCUT2D eigenvalue weighted by Gasteiger charge is 2.33. The lowest BCUT2D eigenvalue weighted by Crippen LogP contribution is -2.21. The molecule has 2 heterocycles. The molecule has 0 radical (unpaired) electrons. The average molecular weight is 402 g/mol. The minimum absolute atomic E-state index is 0.0139. The van der Waals surface area contributed by atoms with Crippen molar-refractivity contribution in [1.29, 1.82) is 5.26 Å². The molecule has 0 spiro atoms. The molecule has 1 unspecified atom stereocenters.